The Morgan fingerprint density at radius 2 is 1.93 bits per heavy atom. The Hall–Kier alpha value is -0.860. The molecule has 1 aromatic rings. The summed E-state index contributed by atoms with van der Waals surface area (Å²) in [7, 11) is 0. The Kier molecular flexibility index (Phi) is 9.32. The van der Waals surface area contributed by atoms with E-state index in [1.54, 1.807) is 0 Å². The molecule has 1 aliphatic heterocycles. The number of halogens is 1. The van der Waals surface area contributed by atoms with Gasteiger partial charge in [-0.25, -0.2) is 0 Å². The van der Waals surface area contributed by atoms with Crippen LogP contribution >= 0.6 is 24.0 Å². The van der Waals surface area contributed by atoms with Crippen LogP contribution < -0.4 is 10.6 Å². The highest BCUT2D eigenvalue weighted by atomic mass is 127. The van der Waals surface area contributed by atoms with Crippen molar-refractivity contribution in [3.05, 3.63) is 35.4 Å². The van der Waals surface area contributed by atoms with Gasteiger partial charge in [0.05, 0.1) is 12.6 Å². The fourth-order valence-corrected chi connectivity index (χ4v) is 3.97. The lowest BCUT2D eigenvalue weighted by Gasteiger charge is -2.33. The van der Waals surface area contributed by atoms with E-state index in [0.29, 0.717) is 12.1 Å². The molecule has 0 spiro atoms. The zero-order chi connectivity index (χ0) is 18.4. The lowest BCUT2D eigenvalue weighted by Crippen LogP contribution is -2.46. The van der Waals surface area contributed by atoms with Crippen molar-refractivity contribution in [2.45, 2.75) is 70.7 Å². The lowest BCUT2D eigenvalue weighted by atomic mass is 9.93. The average molecular weight is 486 g/mol. The maximum Gasteiger partial charge on any atom is 0.191 e. The van der Waals surface area contributed by atoms with Crippen LogP contribution in [-0.4, -0.2) is 53.8 Å². The van der Waals surface area contributed by atoms with Gasteiger partial charge >= 0.3 is 0 Å². The molecule has 1 heterocycles. The number of hydrogen-bond acceptors (Lipinski definition) is 3. The predicted octanol–water partition coefficient (Wildman–Crippen LogP) is 2.91. The Morgan fingerprint density at radius 3 is 2.63 bits per heavy atom. The molecule has 6 heteroatoms. The monoisotopic (exact) mass is 486 g/mol. The SMILES string of the molecule is CCNC(=NCC(C)N1CCc2ccccc2C1)NC1CCC(O)CC1.I. The van der Waals surface area contributed by atoms with Gasteiger partial charge in [-0.15, -0.1) is 24.0 Å². The molecule has 1 unspecified atom stereocenters. The molecule has 1 aromatic carbocycles. The van der Waals surface area contributed by atoms with Gasteiger partial charge < -0.3 is 15.7 Å². The molecule has 1 saturated carbocycles. The number of aliphatic hydroxyl groups is 1. The van der Waals surface area contributed by atoms with Crippen molar-refractivity contribution in [1.29, 1.82) is 0 Å². The maximum absolute atomic E-state index is 9.68. The van der Waals surface area contributed by atoms with Gasteiger partial charge in [-0.3, -0.25) is 9.89 Å². The zero-order valence-corrected chi connectivity index (χ0v) is 19.0. The fourth-order valence-electron chi connectivity index (χ4n) is 3.97. The summed E-state index contributed by atoms with van der Waals surface area (Å²) < 4.78 is 0. The van der Waals surface area contributed by atoms with E-state index in [1.165, 1.54) is 11.1 Å². The summed E-state index contributed by atoms with van der Waals surface area (Å²) in [6.07, 6.45) is 4.83. The molecule has 0 saturated heterocycles. The van der Waals surface area contributed by atoms with Gasteiger partial charge in [0.15, 0.2) is 5.96 Å². The van der Waals surface area contributed by atoms with Gasteiger partial charge in [0.1, 0.15) is 0 Å². The van der Waals surface area contributed by atoms with Crippen molar-refractivity contribution in [2.24, 2.45) is 4.99 Å². The van der Waals surface area contributed by atoms with Crippen LogP contribution in [0.15, 0.2) is 29.3 Å². The summed E-state index contributed by atoms with van der Waals surface area (Å²) >= 11 is 0. The van der Waals surface area contributed by atoms with Crippen LogP contribution in [0.25, 0.3) is 0 Å². The predicted molar refractivity (Wildman–Crippen MR) is 123 cm³/mol. The topological polar surface area (TPSA) is 59.9 Å². The first-order chi connectivity index (χ1) is 12.7. The molecular formula is C21H35IN4O. The normalized spacial score (nSPS) is 24.5. The number of benzene rings is 1. The van der Waals surface area contributed by atoms with Gasteiger partial charge in [-0.1, -0.05) is 24.3 Å². The van der Waals surface area contributed by atoms with Crippen LogP contribution in [0.4, 0.5) is 0 Å². The first kappa shape index (κ1) is 22.4. The second kappa shape index (κ2) is 11.2. The van der Waals surface area contributed by atoms with Crippen LogP contribution in [0.2, 0.25) is 0 Å². The van der Waals surface area contributed by atoms with E-state index >= 15 is 0 Å². The van der Waals surface area contributed by atoms with Crippen molar-refractivity contribution in [2.75, 3.05) is 19.6 Å². The highest BCUT2D eigenvalue weighted by molar-refractivity contribution is 14.0. The third-order valence-electron chi connectivity index (χ3n) is 5.68. The number of aliphatic hydroxyl groups excluding tert-OH is 1. The van der Waals surface area contributed by atoms with Gasteiger partial charge in [0, 0.05) is 31.7 Å². The third-order valence-corrected chi connectivity index (χ3v) is 5.68. The smallest absolute Gasteiger partial charge is 0.191 e. The maximum atomic E-state index is 9.68. The lowest BCUT2D eigenvalue weighted by molar-refractivity contribution is 0.120. The number of guanidine groups is 1. The van der Waals surface area contributed by atoms with Gasteiger partial charge in [-0.2, -0.15) is 0 Å². The van der Waals surface area contributed by atoms with Gasteiger partial charge in [0.2, 0.25) is 0 Å². The van der Waals surface area contributed by atoms with Crippen molar-refractivity contribution in [3.8, 4) is 0 Å². The van der Waals surface area contributed by atoms with Crippen LogP contribution in [0.5, 0.6) is 0 Å². The largest absolute Gasteiger partial charge is 0.393 e. The summed E-state index contributed by atoms with van der Waals surface area (Å²) in [4.78, 5) is 7.38. The molecule has 1 atom stereocenters. The first-order valence-corrected chi connectivity index (χ1v) is 10.2. The molecule has 3 rings (SSSR count). The molecule has 0 radical (unpaired) electrons. The summed E-state index contributed by atoms with van der Waals surface area (Å²) in [6.45, 7) is 8.18. The molecule has 0 aromatic heterocycles. The fraction of sp³-hybridized carbons (Fsp3) is 0.667. The summed E-state index contributed by atoms with van der Waals surface area (Å²) in [5.74, 6) is 0.915. The Morgan fingerprint density at radius 1 is 1.22 bits per heavy atom. The van der Waals surface area contributed by atoms with Crippen LogP contribution in [0, 0.1) is 0 Å². The molecule has 5 nitrogen and oxygen atoms in total. The number of aliphatic imine (C=N–C) groups is 1. The zero-order valence-electron chi connectivity index (χ0n) is 16.7. The highest BCUT2D eigenvalue weighted by Crippen LogP contribution is 2.20. The minimum Gasteiger partial charge on any atom is -0.393 e. The Balaban J connectivity index is 0.00000261. The second-order valence-electron chi connectivity index (χ2n) is 7.71. The van der Waals surface area contributed by atoms with E-state index in [1.807, 2.05) is 0 Å². The van der Waals surface area contributed by atoms with E-state index in [4.69, 9.17) is 4.99 Å². The molecule has 1 fully saturated rings. The number of hydrogen-bond donors (Lipinski definition) is 3. The minimum atomic E-state index is -0.116. The number of nitrogens with one attached hydrogen (secondary N) is 2. The van der Waals surface area contributed by atoms with E-state index in [2.05, 4.69) is 53.6 Å². The molecule has 1 aliphatic carbocycles. The molecular weight excluding hydrogens is 451 g/mol. The number of rotatable bonds is 5. The molecule has 27 heavy (non-hydrogen) atoms. The molecule has 3 N–H and O–H groups in total. The number of fused-ring (bicyclic) bond motifs is 1. The van der Waals surface area contributed by atoms with Gasteiger partial charge in [-0.05, 0) is 57.1 Å². The average Bonchev–Trinajstić information content (AvgIpc) is 2.67. The van der Waals surface area contributed by atoms with Crippen LogP contribution in [-0.2, 0) is 13.0 Å². The third kappa shape index (κ3) is 6.61. The molecule has 0 amide bonds. The molecule has 2 aliphatic rings. The highest BCUT2D eigenvalue weighted by Gasteiger charge is 2.22. The van der Waals surface area contributed by atoms with Gasteiger partial charge in [0.25, 0.3) is 0 Å². The van der Waals surface area contributed by atoms with Crippen molar-refractivity contribution in [1.82, 2.24) is 15.5 Å². The minimum absolute atomic E-state index is 0. The van der Waals surface area contributed by atoms with E-state index in [-0.39, 0.29) is 30.1 Å². The van der Waals surface area contributed by atoms with Crippen molar-refractivity contribution < 1.29 is 5.11 Å². The molecule has 152 valence electrons. The molecule has 0 bridgehead atoms. The van der Waals surface area contributed by atoms with Crippen LogP contribution in [0.1, 0.15) is 50.7 Å². The quantitative estimate of drug-likeness (QED) is 0.341. The summed E-state index contributed by atoms with van der Waals surface area (Å²) in [5.41, 5.74) is 2.95. The number of nitrogens with zero attached hydrogens (tertiary/aromatic N) is 2. The van der Waals surface area contributed by atoms with Crippen LogP contribution in [0.3, 0.4) is 0 Å². The Bertz CT molecular complexity index is 602. The van der Waals surface area contributed by atoms with Crippen molar-refractivity contribution >= 4 is 29.9 Å². The summed E-state index contributed by atoms with van der Waals surface area (Å²) in [6, 6.07) is 9.63. The van der Waals surface area contributed by atoms with E-state index < -0.39 is 0 Å². The second-order valence-corrected chi connectivity index (χ2v) is 7.71. The Labute approximate surface area is 181 Å². The van der Waals surface area contributed by atoms with Crippen molar-refractivity contribution in [3.63, 3.8) is 0 Å². The van der Waals surface area contributed by atoms with E-state index in [0.717, 1.165) is 64.2 Å². The first-order valence-electron chi connectivity index (χ1n) is 10.2. The summed E-state index contributed by atoms with van der Waals surface area (Å²) in [5, 5.41) is 16.6. The van der Waals surface area contributed by atoms with E-state index in [9.17, 15) is 5.11 Å². The standard InChI is InChI=1S/C21H34N4O.HI/c1-3-22-21(24-19-8-10-20(26)11-9-19)23-14-16(2)25-13-12-17-6-4-5-7-18(17)15-25;/h4-7,16,19-20,26H,3,8-15H2,1-2H3,(H2,22,23,24);1H.